The van der Waals surface area contributed by atoms with Gasteiger partial charge in [0.1, 0.15) is 23.3 Å². The van der Waals surface area contributed by atoms with E-state index in [0.717, 1.165) is 0 Å². The maximum absolute atomic E-state index is 11.4. The first-order valence-electron chi connectivity index (χ1n) is 5.69. The number of benzene rings is 1. The van der Waals surface area contributed by atoms with E-state index in [0.29, 0.717) is 22.8 Å². The van der Waals surface area contributed by atoms with E-state index in [4.69, 9.17) is 19.9 Å². The molecule has 6 nitrogen and oxygen atoms in total. The van der Waals surface area contributed by atoms with Crippen LogP contribution in [-0.4, -0.2) is 40.5 Å². The molecule has 0 aromatic heterocycles. The van der Waals surface area contributed by atoms with Crippen LogP contribution in [0.3, 0.4) is 0 Å². The molecular weight excluding hydrogens is 250 g/mol. The number of rotatable bonds is 6. The Bertz CT molecular complexity index is 422. The third-order valence-electron chi connectivity index (χ3n) is 2.75. The predicted molar refractivity (Wildman–Crippen MR) is 69.8 cm³/mol. The van der Waals surface area contributed by atoms with Gasteiger partial charge in [0.15, 0.2) is 0 Å². The topological polar surface area (TPSA) is 80.0 Å². The normalized spacial score (nSPS) is 11.6. The standard InChI is InChI=1S/C13H19NO5/c1-16-8-5-11(17-2)9(12(6-8)18-3)7-10(14)13(15)19-4/h5-6,10H,7,14H2,1-4H3. The molecule has 0 spiro atoms. The maximum atomic E-state index is 11.4. The predicted octanol–water partition coefficient (Wildman–Crippen LogP) is 0.755. The number of esters is 1. The van der Waals surface area contributed by atoms with E-state index in [1.165, 1.54) is 21.3 Å². The summed E-state index contributed by atoms with van der Waals surface area (Å²) >= 11 is 0. The minimum atomic E-state index is -0.777. The van der Waals surface area contributed by atoms with Crippen molar-refractivity contribution in [3.05, 3.63) is 17.7 Å². The molecule has 1 rings (SSSR count). The summed E-state index contributed by atoms with van der Waals surface area (Å²) in [5.74, 6) is 1.22. The van der Waals surface area contributed by atoms with Crippen LogP contribution < -0.4 is 19.9 Å². The Hall–Kier alpha value is -1.95. The highest BCUT2D eigenvalue weighted by Crippen LogP contribution is 2.34. The number of nitrogens with two attached hydrogens (primary N) is 1. The number of carbonyl (C=O) groups excluding carboxylic acids is 1. The van der Waals surface area contributed by atoms with Gasteiger partial charge in [-0.1, -0.05) is 0 Å². The summed E-state index contributed by atoms with van der Waals surface area (Å²) in [5.41, 5.74) is 6.46. The van der Waals surface area contributed by atoms with Gasteiger partial charge < -0.3 is 24.7 Å². The Morgan fingerprint density at radius 3 is 2.00 bits per heavy atom. The molecule has 0 aliphatic rings. The van der Waals surface area contributed by atoms with Crippen molar-refractivity contribution < 1.29 is 23.7 Å². The molecule has 0 amide bonds. The summed E-state index contributed by atoms with van der Waals surface area (Å²) in [4.78, 5) is 11.4. The fourth-order valence-electron chi connectivity index (χ4n) is 1.73. The lowest BCUT2D eigenvalue weighted by atomic mass is 10.0. The second kappa shape index (κ2) is 6.84. The molecule has 0 aliphatic carbocycles. The molecule has 6 heteroatoms. The summed E-state index contributed by atoms with van der Waals surface area (Å²) in [5, 5.41) is 0. The van der Waals surface area contributed by atoms with Gasteiger partial charge in [-0.25, -0.2) is 0 Å². The van der Waals surface area contributed by atoms with Gasteiger partial charge in [0, 0.05) is 24.1 Å². The van der Waals surface area contributed by atoms with Crippen molar-refractivity contribution in [1.82, 2.24) is 0 Å². The molecule has 106 valence electrons. The van der Waals surface area contributed by atoms with Crippen LogP contribution in [-0.2, 0) is 16.0 Å². The third kappa shape index (κ3) is 3.51. The fraction of sp³-hybridized carbons (Fsp3) is 0.462. The van der Waals surface area contributed by atoms with Crippen LogP contribution >= 0.6 is 0 Å². The van der Waals surface area contributed by atoms with Gasteiger partial charge in [0.25, 0.3) is 0 Å². The highest BCUT2D eigenvalue weighted by molar-refractivity contribution is 5.76. The van der Waals surface area contributed by atoms with Crippen molar-refractivity contribution >= 4 is 5.97 Å². The minimum absolute atomic E-state index is 0.253. The molecule has 1 aromatic rings. The summed E-state index contributed by atoms with van der Waals surface area (Å²) in [6.45, 7) is 0. The Morgan fingerprint density at radius 1 is 1.11 bits per heavy atom. The van der Waals surface area contributed by atoms with Gasteiger partial charge in [-0.05, 0) is 0 Å². The number of hydrogen-bond donors (Lipinski definition) is 1. The maximum Gasteiger partial charge on any atom is 0.322 e. The van der Waals surface area contributed by atoms with Crippen LogP contribution in [0.2, 0.25) is 0 Å². The van der Waals surface area contributed by atoms with Gasteiger partial charge in [0.2, 0.25) is 0 Å². The smallest absolute Gasteiger partial charge is 0.322 e. The SMILES string of the molecule is COC(=O)C(N)Cc1c(OC)cc(OC)cc1OC. The average molecular weight is 269 g/mol. The molecule has 0 saturated carbocycles. The molecule has 1 aromatic carbocycles. The van der Waals surface area contributed by atoms with Crippen LogP contribution in [0, 0.1) is 0 Å². The van der Waals surface area contributed by atoms with Crippen molar-refractivity contribution in [3.63, 3.8) is 0 Å². The zero-order valence-electron chi connectivity index (χ0n) is 11.6. The number of ether oxygens (including phenoxy) is 4. The van der Waals surface area contributed by atoms with Crippen molar-refractivity contribution in [2.24, 2.45) is 5.73 Å². The number of methoxy groups -OCH3 is 4. The van der Waals surface area contributed by atoms with Gasteiger partial charge >= 0.3 is 5.97 Å². The lowest BCUT2D eigenvalue weighted by Crippen LogP contribution is -2.33. The van der Waals surface area contributed by atoms with Gasteiger partial charge in [-0.3, -0.25) is 4.79 Å². The summed E-state index contributed by atoms with van der Waals surface area (Å²) < 4.78 is 20.3. The molecule has 0 bridgehead atoms. The minimum Gasteiger partial charge on any atom is -0.496 e. The van der Waals surface area contributed by atoms with Crippen molar-refractivity contribution in [3.8, 4) is 17.2 Å². The lowest BCUT2D eigenvalue weighted by Gasteiger charge is -2.17. The largest absolute Gasteiger partial charge is 0.496 e. The van der Waals surface area contributed by atoms with Crippen LogP contribution in [0.1, 0.15) is 5.56 Å². The Labute approximate surface area is 112 Å². The molecular formula is C13H19NO5. The second-order valence-electron chi connectivity index (χ2n) is 3.84. The molecule has 1 atom stereocenters. The molecule has 0 radical (unpaired) electrons. The summed E-state index contributed by atoms with van der Waals surface area (Å²) in [6.07, 6.45) is 0.253. The molecule has 0 fully saturated rings. The van der Waals surface area contributed by atoms with E-state index in [-0.39, 0.29) is 6.42 Å². The van der Waals surface area contributed by atoms with Crippen molar-refractivity contribution in [1.29, 1.82) is 0 Å². The monoisotopic (exact) mass is 269 g/mol. The summed E-state index contributed by atoms with van der Waals surface area (Å²) in [6, 6.07) is 2.64. The van der Waals surface area contributed by atoms with Gasteiger partial charge in [-0.2, -0.15) is 0 Å². The molecule has 0 aliphatic heterocycles. The molecule has 0 saturated heterocycles. The third-order valence-corrected chi connectivity index (χ3v) is 2.75. The Kier molecular flexibility index (Phi) is 5.44. The zero-order valence-corrected chi connectivity index (χ0v) is 11.6. The highest BCUT2D eigenvalue weighted by Gasteiger charge is 2.21. The fourth-order valence-corrected chi connectivity index (χ4v) is 1.73. The lowest BCUT2D eigenvalue weighted by molar-refractivity contribution is -0.142. The Morgan fingerprint density at radius 2 is 1.63 bits per heavy atom. The number of hydrogen-bond acceptors (Lipinski definition) is 6. The quantitative estimate of drug-likeness (QED) is 0.768. The first kappa shape index (κ1) is 15.1. The molecule has 1 unspecified atom stereocenters. The molecule has 2 N–H and O–H groups in total. The van der Waals surface area contributed by atoms with E-state index in [2.05, 4.69) is 4.74 Å². The molecule has 0 heterocycles. The van der Waals surface area contributed by atoms with E-state index in [1.807, 2.05) is 0 Å². The van der Waals surface area contributed by atoms with Crippen LogP contribution in [0.4, 0.5) is 0 Å². The van der Waals surface area contributed by atoms with Crippen LogP contribution in [0.25, 0.3) is 0 Å². The zero-order chi connectivity index (χ0) is 14.4. The van der Waals surface area contributed by atoms with E-state index < -0.39 is 12.0 Å². The van der Waals surface area contributed by atoms with Crippen molar-refractivity contribution in [2.75, 3.05) is 28.4 Å². The first-order chi connectivity index (χ1) is 9.07. The van der Waals surface area contributed by atoms with Crippen LogP contribution in [0.5, 0.6) is 17.2 Å². The van der Waals surface area contributed by atoms with Gasteiger partial charge in [-0.15, -0.1) is 0 Å². The van der Waals surface area contributed by atoms with Crippen LogP contribution in [0.15, 0.2) is 12.1 Å². The average Bonchev–Trinajstić information content (AvgIpc) is 2.45. The van der Waals surface area contributed by atoms with Crippen molar-refractivity contribution in [2.45, 2.75) is 12.5 Å². The second-order valence-corrected chi connectivity index (χ2v) is 3.84. The van der Waals surface area contributed by atoms with E-state index in [1.54, 1.807) is 19.2 Å². The van der Waals surface area contributed by atoms with Gasteiger partial charge in [0.05, 0.1) is 28.4 Å². The van der Waals surface area contributed by atoms with E-state index >= 15 is 0 Å². The summed E-state index contributed by atoms with van der Waals surface area (Å²) in [7, 11) is 5.90. The first-order valence-corrected chi connectivity index (χ1v) is 5.69. The van der Waals surface area contributed by atoms with E-state index in [9.17, 15) is 4.79 Å². The Balaban J connectivity index is 3.13. The number of carbonyl (C=O) groups is 1. The highest BCUT2D eigenvalue weighted by atomic mass is 16.5. The molecule has 19 heavy (non-hydrogen) atoms.